The monoisotopic (exact) mass is 188 g/mol. The molecule has 0 amide bonds. The van der Waals surface area contributed by atoms with Crippen molar-refractivity contribution in [2.75, 3.05) is 7.11 Å². The molecule has 0 aliphatic rings. The number of rotatable bonds is 1. The van der Waals surface area contributed by atoms with Crippen LogP contribution >= 0.6 is 0 Å². The molecule has 2 aromatic carbocycles. The summed E-state index contributed by atoms with van der Waals surface area (Å²) in [5.41, 5.74) is 0.784. The molecule has 1 N–H and O–H groups in total. The van der Waals surface area contributed by atoms with Crippen molar-refractivity contribution in [1.82, 2.24) is 0 Å². The third-order valence-electron chi connectivity index (χ3n) is 2.43. The molecule has 0 saturated heterocycles. The first-order valence-corrected chi connectivity index (χ1v) is 4.49. The molecule has 0 heterocycles. The van der Waals surface area contributed by atoms with E-state index >= 15 is 0 Å². The number of fused-ring (bicyclic) bond motifs is 1. The maximum atomic E-state index is 9.65. The van der Waals surface area contributed by atoms with Crippen LogP contribution in [0.2, 0.25) is 0 Å². The molecule has 0 aromatic heterocycles. The van der Waals surface area contributed by atoms with E-state index in [1.165, 1.54) is 0 Å². The summed E-state index contributed by atoms with van der Waals surface area (Å²) in [6.07, 6.45) is 0. The fraction of sp³-hybridized carbons (Fsp3) is 0.167. The maximum Gasteiger partial charge on any atom is 0.133 e. The normalized spacial score (nSPS) is 10.4. The number of benzene rings is 2. The lowest BCUT2D eigenvalue weighted by Crippen LogP contribution is -1.89. The lowest BCUT2D eigenvalue weighted by molar-refractivity contribution is 0.408. The Labute approximate surface area is 82.8 Å². The van der Waals surface area contributed by atoms with Crippen molar-refractivity contribution >= 4 is 10.8 Å². The highest BCUT2D eigenvalue weighted by Crippen LogP contribution is 2.35. The van der Waals surface area contributed by atoms with Gasteiger partial charge in [-0.25, -0.2) is 0 Å². The fourth-order valence-corrected chi connectivity index (χ4v) is 1.67. The third kappa shape index (κ3) is 1.20. The average molecular weight is 188 g/mol. The zero-order chi connectivity index (χ0) is 10.1. The molecule has 2 nitrogen and oxygen atoms in total. The summed E-state index contributed by atoms with van der Waals surface area (Å²) in [7, 11) is 1.62. The summed E-state index contributed by atoms with van der Waals surface area (Å²) in [6.45, 7) is 1.85. The van der Waals surface area contributed by atoms with Crippen LogP contribution in [-0.2, 0) is 0 Å². The molecule has 0 spiro atoms. The average Bonchev–Trinajstić information content (AvgIpc) is 2.20. The van der Waals surface area contributed by atoms with Gasteiger partial charge in [0.2, 0.25) is 0 Å². The molecule has 0 fully saturated rings. The Hall–Kier alpha value is -1.70. The minimum Gasteiger partial charge on any atom is -0.508 e. The molecule has 0 saturated carbocycles. The highest BCUT2D eigenvalue weighted by atomic mass is 16.5. The SMILES string of the molecule is COc1c(C)c(O)cc2ccccc12. The van der Waals surface area contributed by atoms with Crippen molar-refractivity contribution in [2.24, 2.45) is 0 Å². The first-order chi connectivity index (χ1) is 6.74. The van der Waals surface area contributed by atoms with Crippen molar-refractivity contribution in [2.45, 2.75) is 6.92 Å². The highest BCUT2D eigenvalue weighted by molar-refractivity contribution is 5.91. The standard InChI is InChI=1S/C12H12O2/c1-8-11(13)7-9-5-3-4-6-10(9)12(8)14-2/h3-7,13H,1-2H3. The largest absolute Gasteiger partial charge is 0.508 e. The minimum atomic E-state index is 0.278. The van der Waals surface area contributed by atoms with E-state index in [0.717, 1.165) is 22.1 Å². The molecule has 0 unspecified atom stereocenters. The van der Waals surface area contributed by atoms with E-state index in [4.69, 9.17) is 4.74 Å². The number of aromatic hydroxyl groups is 1. The van der Waals surface area contributed by atoms with Gasteiger partial charge in [-0.15, -0.1) is 0 Å². The van der Waals surface area contributed by atoms with Crippen LogP contribution in [0.4, 0.5) is 0 Å². The fourth-order valence-electron chi connectivity index (χ4n) is 1.67. The molecule has 2 aromatic rings. The van der Waals surface area contributed by atoms with Gasteiger partial charge < -0.3 is 9.84 Å². The molecule has 0 bridgehead atoms. The Morgan fingerprint density at radius 3 is 2.64 bits per heavy atom. The van der Waals surface area contributed by atoms with E-state index in [1.54, 1.807) is 13.2 Å². The number of phenolic OH excluding ortho intramolecular Hbond substituents is 1. The Balaban J connectivity index is 2.89. The molecule has 2 heteroatoms. The maximum absolute atomic E-state index is 9.65. The molecule has 14 heavy (non-hydrogen) atoms. The number of methoxy groups -OCH3 is 1. The Kier molecular flexibility index (Phi) is 2.04. The number of ether oxygens (including phenoxy) is 1. The van der Waals surface area contributed by atoms with Crippen LogP contribution in [0, 0.1) is 6.92 Å². The Bertz CT molecular complexity index is 475. The van der Waals surface area contributed by atoms with Gasteiger partial charge in [-0.2, -0.15) is 0 Å². The number of hydrogen-bond donors (Lipinski definition) is 1. The van der Waals surface area contributed by atoms with Crippen LogP contribution in [0.3, 0.4) is 0 Å². The lowest BCUT2D eigenvalue weighted by atomic mass is 10.1. The zero-order valence-corrected chi connectivity index (χ0v) is 8.24. The van der Waals surface area contributed by atoms with E-state index in [9.17, 15) is 5.11 Å². The quantitative estimate of drug-likeness (QED) is 0.745. The second-order valence-electron chi connectivity index (χ2n) is 3.28. The Morgan fingerprint density at radius 1 is 1.21 bits per heavy atom. The topological polar surface area (TPSA) is 29.5 Å². The lowest BCUT2D eigenvalue weighted by Gasteiger charge is -2.10. The molecule has 0 radical (unpaired) electrons. The van der Waals surface area contributed by atoms with E-state index in [-0.39, 0.29) is 5.75 Å². The van der Waals surface area contributed by atoms with Crippen LogP contribution in [0.15, 0.2) is 30.3 Å². The molecule has 0 atom stereocenters. The number of hydrogen-bond acceptors (Lipinski definition) is 2. The van der Waals surface area contributed by atoms with Crippen molar-refractivity contribution in [3.63, 3.8) is 0 Å². The molecule has 2 rings (SSSR count). The second-order valence-corrected chi connectivity index (χ2v) is 3.28. The zero-order valence-electron chi connectivity index (χ0n) is 8.24. The predicted octanol–water partition coefficient (Wildman–Crippen LogP) is 2.86. The summed E-state index contributed by atoms with van der Waals surface area (Å²) >= 11 is 0. The first-order valence-electron chi connectivity index (χ1n) is 4.49. The van der Waals surface area contributed by atoms with Gasteiger partial charge in [0, 0.05) is 10.9 Å². The van der Waals surface area contributed by atoms with Gasteiger partial charge >= 0.3 is 0 Å². The molecule has 0 aliphatic carbocycles. The van der Waals surface area contributed by atoms with Crippen LogP contribution in [-0.4, -0.2) is 12.2 Å². The highest BCUT2D eigenvalue weighted by Gasteiger charge is 2.08. The first kappa shape index (κ1) is 8.88. The van der Waals surface area contributed by atoms with Gasteiger partial charge in [0.1, 0.15) is 11.5 Å². The summed E-state index contributed by atoms with van der Waals surface area (Å²) in [6, 6.07) is 9.60. The molecule has 72 valence electrons. The van der Waals surface area contributed by atoms with E-state index in [0.29, 0.717) is 0 Å². The van der Waals surface area contributed by atoms with Gasteiger partial charge in [0.05, 0.1) is 7.11 Å². The third-order valence-corrected chi connectivity index (χ3v) is 2.43. The summed E-state index contributed by atoms with van der Waals surface area (Å²) in [4.78, 5) is 0. The summed E-state index contributed by atoms with van der Waals surface area (Å²) in [5.74, 6) is 1.03. The number of phenols is 1. The van der Waals surface area contributed by atoms with Gasteiger partial charge in [-0.05, 0) is 18.4 Å². The van der Waals surface area contributed by atoms with E-state index in [2.05, 4.69) is 0 Å². The minimum absolute atomic E-state index is 0.278. The van der Waals surface area contributed by atoms with Crippen LogP contribution in [0.25, 0.3) is 10.8 Å². The van der Waals surface area contributed by atoms with Crippen LogP contribution < -0.4 is 4.74 Å². The summed E-state index contributed by atoms with van der Waals surface area (Å²) < 4.78 is 5.28. The van der Waals surface area contributed by atoms with Crippen LogP contribution in [0.1, 0.15) is 5.56 Å². The van der Waals surface area contributed by atoms with Gasteiger partial charge in [0.25, 0.3) is 0 Å². The molecular weight excluding hydrogens is 176 g/mol. The van der Waals surface area contributed by atoms with Crippen molar-refractivity contribution in [3.05, 3.63) is 35.9 Å². The predicted molar refractivity (Wildman–Crippen MR) is 56.9 cm³/mol. The van der Waals surface area contributed by atoms with E-state index < -0.39 is 0 Å². The van der Waals surface area contributed by atoms with Crippen LogP contribution in [0.5, 0.6) is 11.5 Å². The van der Waals surface area contributed by atoms with Gasteiger partial charge in [-0.3, -0.25) is 0 Å². The second kappa shape index (κ2) is 3.22. The Morgan fingerprint density at radius 2 is 1.93 bits per heavy atom. The molecular formula is C12H12O2. The smallest absolute Gasteiger partial charge is 0.133 e. The van der Waals surface area contributed by atoms with Gasteiger partial charge in [0.15, 0.2) is 0 Å². The molecule has 0 aliphatic heterocycles. The van der Waals surface area contributed by atoms with Crippen molar-refractivity contribution in [3.8, 4) is 11.5 Å². The van der Waals surface area contributed by atoms with E-state index in [1.807, 2.05) is 31.2 Å². The van der Waals surface area contributed by atoms with Crippen molar-refractivity contribution < 1.29 is 9.84 Å². The summed E-state index contributed by atoms with van der Waals surface area (Å²) in [5, 5.41) is 11.7. The van der Waals surface area contributed by atoms with Crippen molar-refractivity contribution in [1.29, 1.82) is 0 Å². The van der Waals surface area contributed by atoms with Gasteiger partial charge in [-0.1, -0.05) is 24.3 Å².